The van der Waals surface area contributed by atoms with E-state index >= 15 is 0 Å². The molecule has 1 aliphatic carbocycles. The van der Waals surface area contributed by atoms with Gasteiger partial charge in [0.05, 0.1) is 6.04 Å². The van der Waals surface area contributed by atoms with Crippen LogP contribution in [0.5, 0.6) is 5.75 Å². The number of rotatable bonds is 1. The molecule has 1 aliphatic rings. The molecule has 0 spiro atoms. The second-order valence-corrected chi connectivity index (χ2v) is 5.54. The van der Waals surface area contributed by atoms with Crippen LogP contribution in [0.4, 0.5) is 17.6 Å². The first kappa shape index (κ1) is 16.0. The minimum atomic E-state index is -4.94. The van der Waals surface area contributed by atoms with E-state index in [1.165, 1.54) is 6.92 Å². The molecule has 0 saturated carbocycles. The number of benzene rings is 1. The Balaban J connectivity index is 2.71. The summed E-state index contributed by atoms with van der Waals surface area (Å²) in [5.74, 6) is -1.97. The summed E-state index contributed by atoms with van der Waals surface area (Å²) in [6.07, 6.45) is -5.33. The van der Waals surface area contributed by atoms with Gasteiger partial charge in [-0.25, -0.2) is 4.39 Å². The van der Waals surface area contributed by atoms with E-state index in [4.69, 9.17) is 5.73 Å². The van der Waals surface area contributed by atoms with Gasteiger partial charge in [0.25, 0.3) is 0 Å². The maximum atomic E-state index is 13.7. The molecule has 0 aromatic heterocycles. The number of alkyl halides is 3. The Morgan fingerprint density at radius 3 is 2.48 bits per heavy atom. The number of aliphatic hydroxyl groups is 1. The monoisotopic (exact) mass is 307 g/mol. The highest BCUT2D eigenvalue weighted by Crippen LogP contribution is 2.53. The van der Waals surface area contributed by atoms with Crippen molar-refractivity contribution in [3.8, 4) is 5.75 Å². The Bertz CT molecular complexity index is 573. The number of nitrogens with two attached hydrogens (primary N) is 1. The summed E-state index contributed by atoms with van der Waals surface area (Å²) in [6, 6.07) is -0.954. The molecule has 0 amide bonds. The standard InChI is InChI=1S/C14H17F4NO2/c1-3-7-5-13(21,14(16,17)18)12(19)8-4-9(15)6(2)11(20)10(7)8/h4,7,12,20-21H,3,5,19H2,1-2H3/t7-,12+,13-/m1/s1. The lowest BCUT2D eigenvalue weighted by atomic mass is 9.69. The molecule has 0 aliphatic heterocycles. The van der Waals surface area contributed by atoms with Crippen molar-refractivity contribution in [3.63, 3.8) is 0 Å². The minimum Gasteiger partial charge on any atom is -0.507 e. The van der Waals surface area contributed by atoms with E-state index in [9.17, 15) is 27.8 Å². The van der Waals surface area contributed by atoms with Crippen LogP contribution in [0.2, 0.25) is 0 Å². The quantitative estimate of drug-likeness (QED) is 0.699. The number of hydrogen-bond acceptors (Lipinski definition) is 3. The molecule has 0 unspecified atom stereocenters. The van der Waals surface area contributed by atoms with Gasteiger partial charge in [-0.1, -0.05) is 6.92 Å². The summed E-state index contributed by atoms with van der Waals surface area (Å²) in [6.45, 7) is 2.98. The van der Waals surface area contributed by atoms with Gasteiger partial charge in [0, 0.05) is 11.1 Å². The third-order valence-electron chi connectivity index (χ3n) is 4.36. The summed E-state index contributed by atoms with van der Waals surface area (Å²) >= 11 is 0. The molecule has 0 fully saturated rings. The normalized spacial score (nSPS) is 29.3. The highest BCUT2D eigenvalue weighted by Gasteiger charge is 2.61. The van der Waals surface area contributed by atoms with Crippen molar-refractivity contribution in [2.24, 2.45) is 5.73 Å². The zero-order chi connectivity index (χ0) is 16.2. The van der Waals surface area contributed by atoms with Gasteiger partial charge in [-0.3, -0.25) is 0 Å². The molecule has 4 N–H and O–H groups in total. The fourth-order valence-electron chi connectivity index (χ4n) is 2.96. The van der Waals surface area contributed by atoms with Crippen molar-refractivity contribution in [2.45, 2.75) is 50.4 Å². The van der Waals surface area contributed by atoms with Crippen LogP contribution in [0.15, 0.2) is 6.07 Å². The summed E-state index contributed by atoms with van der Waals surface area (Å²) in [5, 5.41) is 20.1. The Hall–Kier alpha value is -1.34. The van der Waals surface area contributed by atoms with E-state index in [1.54, 1.807) is 6.92 Å². The number of phenols is 1. The molecule has 1 aromatic carbocycles. The molecular weight excluding hydrogens is 290 g/mol. The summed E-state index contributed by atoms with van der Waals surface area (Å²) < 4.78 is 53.3. The highest BCUT2D eigenvalue weighted by atomic mass is 19.4. The first-order valence-electron chi connectivity index (χ1n) is 6.61. The smallest absolute Gasteiger partial charge is 0.419 e. The average molecular weight is 307 g/mol. The van der Waals surface area contributed by atoms with E-state index in [1.807, 2.05) is 0 Å². The van der Waals surface area contributed by atoms with E-state index in [2.05, 4.69) is 0 Å². The Labute approximate surface area is 119 Å². The minimum absolute atomic E-state index is 0.0307. The summed E-state index contributed by atoms with van der Waals surface area (Å²) in [7, 11) is 0. The number of phenolic OH excluding ortho intramolecular Hbond substituents is 1. The van der Waals surface area contributed by atoms with Gasteiger partial charge >= 0.3 is 6.18 Å². The van der Waals surface area contributed by atoms with Crippen molar-refractivity contribution >= 4 is 0 Å². The van der Waals surface area contributed by atoms with Crippen LogP contribution < -0.4 is 5.73 Å². The SMILES string of the molecule is CC[C@@H]1C[C@](O)(C(F)(F)F)[C@@H](N)c2cc(F)c(C)c(O)c21. The van der Waals surface area contributed by atoms with Gasteiger partial charge in [-0.15, -0.1) is 0 Å². The molecule has 118 valence electrons. The lowest BCUT2D eigenvalue weighted by Crippen LogP contribution is -2.56. The Kier molecular flexibility index (Phi) is 3.70. The third-order valence-corrected chi connectivity index (χ3v) is 4.36. The molecule has 0 radical (unpaired) electrons. The van der Waals surface area contributed by atoms with Crippen molar-refractivity contribution in [1.82, 2.24) is 0 Å². The molecule has 0 bridgehead atoms. The second-order valence-electron chi connectivity index (χ2n) is 5.54. The summed E-state index contributed by atoms with van der Waals surface area (Å²) in [4.78, 5) is 0. The Morgan fingerprint density at radius 1 is 1.43 bits per heavy atom. The molecule has 21 heavy (non-hydrogen) atoms. The van der Waals surface area contributed by atoms with Gasteiger partial charge < -0.3 is 15.9 Å². The predicted molar refractivity (Wildman–Crippen MR) is 68.4 cm³/mol. The number of aromatic hydroxyl groups is 1. The predicted octanol–water partition coefficient (Wildman–Crippen LogP) is 3.03. The number of hydrogen-bond donors (Lipinski definition) is 3. The molecule has 3 atom stereocenters. The topological polar surface area (TPSA) is 66.5 Å². The zero-order valence-electron chi connectivity index (χ0n) is 11.6. The first-order valence-corrected chi connectivity index (χ1v) is 6.61. The summed E-state index contributed by atoms with van der Waals surface area (Å²) in [5.41, 5.74) is 2.43. The van der Waals surface area contributed by atoms with Crippen LogP contribution in [0.1, 0.15) is 48.4 Å². The van der Waals surface area contributed by atoms with E-state index in [-0.39, 0.29) is 28.9 Å². The van der Waals surface area contributed by atoms with Gasteiger partial charge in [-0.2, -0.15) is 13.2 Å². The van der Waals surface area contributed by atoms with Crippen LogP contribution in [-0.4, -0.2) is 22.0 Å². The molecular formula is C14H17F4NO2. The molecule has 0 saturated heterocycles. The van der Waals surface area contributed by atoms with E-state index in [0.29, 0.717) is 0 Å². The fourth-order valence-corrected chi connectivity index (χ4v) is 2.96. The van der Waals surface area contributed by atoms with Gasteiger partial charge in [0.2, 0.25) is 0 Å². The molecule has 3 nitrogen and oxygen atoms in total. The van der Waals surface area contributed by atoms with Crippen molar-refractivity contribution in [1.29, 1.82) is 0 Å². The zero-order valence-corrected chi connectivity index (χ0v) is 11.6. The van der Waals surface area contributed by atoms with Gasteiger partial charge in [0.1, 0.15) is 11.6 Å². The van der Waals surface area contributed by atoms with Crippen LogP contribution in [0.3, 0.4) is 0 Å². The van der Waals surface area contributed by atoms with Crippen LogP contribution in [-0.2, 0) is 0 Å². The molecule has 7 heteroatoms. The molecule has 2 rings (SSSR count). The third kappa shape index (κ3) is 2.19. The highest BCUT2D eigenvalue weighted by molar-refractivity contribution is 5.51. The van der Waals surface area contributed by atoms with E-state index in [0.717, 1.165) is 6.07 Å². The second kappa shape index (κ2) is 4.84. The largest absolute Gasteiger partial charge is 0.507 e. The fraction of sp³-hybridized carbons (Fsp3) is 0.571. The lowest BCUT2D eigenvalue weighted by Gasteiger charge is -2.43. The van der Waals surface area contributed by atoms with Gasteiger partial charge in [0.15, 0.2) is 5.60 Å². The van der Waals surface area contributed by atoms with E-state index < -0.39 is 36.0 Å². The van der Waals surface area contributed by atoms with Crippen molar-refractivity contribution in [3.05, 3.63) is 28.6 Å². The Morgan fingerprint density at radius 2 is 2.00 bits per heavy atom. The molecule has 0 heterocycles. The average Bonchev–Trinajstić information content (AvgIpc) is 2.39. The van der Waals surface area contributed by atoms with Crippen molar-refractivity contribution in [2.75, 3.05) is 0 Å². The van der Waals surface area contributed by atoms with Crippen LogP contribution >= 0.6 is 0 Å². The van der Waals surface area contributed by atoms with Crippen molar-refractivity contribution < 1.29 is 27.8 Å². The van der Waals surface area contributed by atoms with Crippen LogP contribution in [0.25, 0.3) is 0 Å². The van der Waals surface area contributed by atoms with Gasteiger partial charge in [-0.05, 0) is 37.3 Å². The first-order chi connectivity index (χ1) is 9.54. The lowest BCUT2D eigenvalue weighted by molar-refractivity contribution is -0.275. The maximum Gasteiger partial charge on any atom is 0.419 e. The molecule has 1 aromatic rings. The number of fused-ring (bicyclic) bond motifs is 1. The van der Waals surface area contributed by atoms with Crippen LogP contribution in [0, 0.1) is 12.7 Å². The maximum absolute atomic E-state index is 13.7. The number of halogens is 4.